The molecule has 1 aliphatic rings. The molecule has 1 rings (SSSR count). The predicted molar refractivity (Wildman–Crippen MR) is 23.6 cm³/mol. The summed E-state index contributed by atoms with van der Waals surface area (Å²) in [5.74, 6) is -4.15. The first-order valence-electron chi connectivity index (χ1n) is 2.47. The fraction of sp³-hybridized carbons (Fsp3) is 1.00. The van der Waals surface area contributed by atoms with Gasteiger partial charge in [0.2, 0.25) is 0 Å². The van der Waals surface area contributed by atoms with Gasteiger partial charge in [0.1, 0.15) is 0 Å². The van der Waals surface area contributed by atoms with E-state index in [1.54, 1.807) is 0 Å². The summed E-state index contributed by atoms with van der Waals surface area (Å²) in [6.07, 6.45) is 0. The second kappa shape index (κ2) is 1.04. The molecule has 0 nitrogen and oxygen atoms in total. The molecule has 0 aromatic rings. The Hall–Kier alpha value is -0.210. The molecule has 0 bridgehead atoms. The van der Waals surface area contributed by atoms with Crippen molar-refractivity contribution in [2.75, 3.05) is 0 Å². The van der Waals surface area contributed by atoms with Crippen LogP contribution in [-0.4, -0.2) is 11.6 Å². The molecule has 0 heterocycles. The van der Waals surface area contributed by atoms with Crippen LogP contribution in [0, 0.1) is 5.92 Å². The van der Waals surface area contributed by atoms with Crippen LogP contribution < -0.4 is 0 Å². The van der Waals surface area contributed by atoms with Crippen molar-refractivity contribution in [3.8, 4) is 0 Å². The Morgan fingerprint density at radius 2 is 1.38 bits per heavy atom. The van der Waals surface area contributed by atoms with Crippen molar-refractivity contribution in [1.29, 1.82) is 0 Å². The van der Waals surface area contributed by atoms with E-state index in [1.165, 1.54) is 6.92 Å². The van der Waals surface area contributed by atoms with Gasteiger partial charge in [-0.1, -0.05) is 6.92 Å². The van der Waals surface area contributed by atoms with Crippen molar-refractivity contribution in [2.45, 2.75) is 25.4 Å². The topological polar surface area (TPSA) is 0 Å². The van der Waals surface area contributed by atoms with E-state index >= 15 is 0 Å². The van der Waals surface area contributed by atoms with Gasteiger partial charge < -0.3 is 0 Å². The lowest BCUT2D eigenvalue weighted by Crippen LogP contribution is -2.04. The average Bonchev–Trinajstić information content (AvgIpc) is 1.88. The van der Waals surface area contributed by atoms with Gasteiger partial charge in [-0.15, -0.1) is 0 Å². The van der Waals surface area contributed by atoms with E-state index in [9.17, 15) is 13.2 Å². The van der Waals surface area contributed by atoms with E-state index in [0.29, 0.717) is 0 Å². The van der Waals surface area contributed by atoms with Crippen molar-refractivity contribution in [2.24, 2.45) is 5.92 Å². The molecule has 1 unspecified atom stereocenters. The molecular weight excluding hydrogens is 117 g/mol. The summed E-state index contributed by atoms with van der Waals surface area (Å²) in [6.45, 7) is 2.14. The van der Waals surface area contributed by atoms with Crippen molar-refractivity contribution >= 4 is 0 Å². The maximum atomic E-state index is 12.2. The van der Waals surface area contributed by atoms with Gasteiger partial charge in [-0.25, -0.2) is 13.2 Å². The smallest absolute Gasteiger partial charge is 0.237 e. The third kappa shape index (κ3) is 0.376. The molecule has 0 aromatic carbocycles. The molecule has 1 aliphatic carbocycles. The van der Waals surface area contributed by atoms with Crippen LogP contribution in [0.3, 0.4) is 0 Å². The highest BCUT2D eigenvalue weighted by Crippen LogP contribution is 2.60. The summed E-state index contributed by atoms with van der Waals surface area (Å²) in [5.41, 5.74) is -2.23. The molecule has 2 atom stereocenters. The Kier molecular flexibility index (Phi) is 0.770. The van der Waals surface area contributed by atoms with Gasteiger partial charge in [0.25, 0.3) is 5.92 Å². The monoisotopic (exact) mass is 124 g/mol. The predicted octanol–water partition coefficient (Wildman–Crippen LogP) is 2.00. The summed E-state index contributed by atoms with van der Waals surface area (Å²) < 4.78 is 36.1. The van der Waals surface area contributed by atoms with Crippen molar-refractivity contribution in [1.82, 2.24) is 0 Å². The minimum Gasteiger partial charge on any atom is -0.237 e. The maximum absolute atomic E-state index is 12.2. The van der Waals surface area contributed by atoms with Crippen molar-refractivity contribution in [3.63, 3.8) is 0 Å². The first-order chi connectivity index (χ1) is 3.40. The second-order valence-corrected chi connectivity index (χ2v) is 2.42. The van der Waals surface area contributed by atoms with Gasteiger partial charge in [0.15, 0.2) is 5.67 Å². The molecule has 8 heavy (non-hydrogen) atoms. The Morgan fingerprint density at radius 3 is 1.38 bits per heavy atom. The van der Waals surface area contributed by atoms with E-state index in [0.717, 1.165) is 6.92 Å². The fourth-order valence-corrected chi connectivity index (χ4v) is 0.696. The van der Waals surface area contributed by atoms with Gasteiger partial charge in [-0.3, -0.25) is 0 Å². The summed E-state index contributed by atoms with van der Waals surface area (Å²) in [6, 6.07) is 0. The Balaban J connectivity index is 2.72. The van der Waals surface area contributed by atoms with Gasteiger partial charge >= 0.3 is 0 Å². The largest absolute Gasteiger partial charge is 0.287 e. The third-order valence-corrected chi connectivity index (χ3v) is 1.93. The molecule has 0 saturated heterocycles. The molecular formula is C5H7F3. The quantitative estimate of drug-likeness (QED) is 0.463. The average molecular weight is 124 g/mol. The molecule has 0 radical (unpaired) electrons. The SMILES string of the molecule is CC1C(F)(F)[C@@]1(C)F. The van der Waals surface area contributed by atoms with Crippen LogP contribution in [0.4, 0.5) is 13.2 Å². The number of halogens is 3. The van der Waals surface area contributed by atoms with Crippen LogP contribution in [0.25, 0.3) is 0 Å². The first-order valence-corrected chi connectivity index (χ1v) is 2.47. The van der Waals surface area contributed by atoms with Gasteiger partial charge in [0, 0.05) is 0 Å². The minimum absolute atomic E-state index is 0.928. The number of hydrogen-bond donors (Lipinski definition) is 0. The second-order valence-electron chi connectivity index (χ2n) is 2.42. The van der Waals surface area contributed by atoms with Crippen LogP contribution in [0.15, 0.2) is 0 Å². The zero-order chi connectivity index (χ0) is 6.58. The lowest BCUT2D eigenvalue weighted by Gasteiger charge is -1.91. The summed E-state index contributed by atoms with van der Waals surface area (Å²) in [4.78, 5) is 0. The highest BCUT2D eigenvalue weighted by Gasteiger charge is 2.77. The van der Waals surface area contributed by atoms with Crippen molar-refractivity contribution < 1.29 is 13.2 Å². The van der Waals surface area contributed by atoms with Crippen LogP contribution >= 0.6 is 0 Å². The molecule has 1 saturated carbocycles. The lowest BCUT2D eigenvalue weighted by molar-refractivity contribution is 0.0475. The van der Waals surface area contributed by atoms with Crippen LogP contribution in [0.2, 0.25) is 0 Å². The van der Waals surface area contributed by atoms with Crippen LogP contribution in [0.1, 0.15) is 13.8 Å². The summed E-state index contributed by atoms with van der Waals surface area (Å²) >= 11 is 0. The molecule has 0 N–H and O–H groups in total. The molecule has 3 heteroatoms. The first kappa shape index (κ1) is 5.92. The maximum Gasteiger partial charge on any atom is 0.287 e. The third-order valence-electron chi connectivity index (χ3n) is 1.93. The fourth-order valence-electron chi connectivity index (χ4n) is 0.696. The van der Waals surface area contributed by atoms with Crippen LogP contribution in [-0.2, 0) is 0 Å². The van der Waals surface area contributed by atoms with E-state index in [1.807, 2.05) is 0 Å². The number of hydrogen-bond acceptors (Lipinski definition) is 0. The van der Waals surface area contributed by atoms with E-state index in [4.69, 9.17) is 0 Å². The van der Waals surface area contributed by atoms with Gasteiger partial charge in [0.05, 0.1) is 5.92 Å². The minimum atomic E-state index is -3.06. The Labute approximate surface area is 45.7 Å². The molecule has 0 spiro atoms. The lowest BCUT2D eigenvalue weighted by atomic mass is 10.3. The summed E-state index contributed by atoms with van der Waals surface area (Å²) in [7, 11) is 0. The summed E-state index contributed by atoms with van der Waals surface area (Å²) in [5, 5.41) is 0. The zero-order valence-corrected chi connectivity index (χ0v) is 4.71. The van der Waals surface area contributed by atoms with E-state index in [-0.39, 0.29) is 0 Å². The van der Waals surface area contributed by atoms with E-state index < -0.39 is 17.5 Å². The Morgan fingerprint density at radius 1 is 1.25 bits per heavy atom. The van der Waals surface area contributed by atoms with Crippen molar-refractivity contribution in [3.05, 3.63) is 0 Å². The highest BCUT2D eigenvalue weighted by atomic mass is 19.3. The Bertz CT molecular complexity index is 103. The normalized spacial score (nSPS) is 51.4. The number of rotatable bonds is 0. The molecule has 0 aliphatic heterocycles. The molecule has 0 amide bonds. The zero-order valence-electron chi connectivity index (χ0n) is 4.71. The van der Waals surface area contributed by atoms with Crippen LogP contribution in [0.5, 0.6) is 0 Å². The molecule has 48 valence electrons. The highest BCUT2D eigenvalue weighted by molar-refractivity contribution is 5.15. The van der Waals surface area contributed by atoms with Gasteiger partial charge in [-0.05, 0) is 6.92 Å². The standard InChI is InChI=1S/C5H7F3/c1-3-4(2,6)5(3,7)8/h3H,1-2H3/t3?,4-/m0/s1. The van der Waals surface area contributed by atoms with E-state index in [2.05, 4.69) is 0 Å². The molecule has 1 fully saturated rings. The van der Waals surface area contributed by atoms with Gasteiger partial charge in [-0.2, -0.15) is 0 Å². The molecule has 0 aromatic heterocycles. The number of alkyl halides is 3.